The molecule has 0 radical (unpaired) electrons. The Morgan fingerprint density at radius 2 is 1.93 bits per heavy atom. The SMILES string of the molecule is Cc1cc(F)c(C(Br)C2CC2)cc1F. The first kappa shape index (κ1) is 10.1. The van der Waals surface area contributed by atoms with Crippen LogP contribution in [0.15, 0.2) is 12.1 Å². The lowest BCUT2D eigenvalue weighted by molar-refractivity contribution is 0.572. The fourth-order valence-corrected chi connectivity index (χ4v) is 2.40. The van der Waals surface area contributed by atoms with E-state index in [0.29, 0.717) is 17.0 Å². The molecule has 1 atom stereocenters. The van der Waals surface area contributed by atoms with Crippen molar-refractivity contribution in [1.82, 2.24) is 0 Å². The van der Waals surface area contributed by atoms with Crippen LogP contribution in [0.4, 0.5) is 8.78 Å². The molecule has 1 aromatic carbocycles. The van der Waals surface area contributed by atoms with Crippen molar-refractivity contribution in [3.8, 4) is 0 Å². The lowest BCUT2D eigenvalue weighted by Gasteiger charge is -2.10. The summed E-state index contributed by atoms with van der Waals surface area (Å²) in [5, 5.41) is 0. The molecule has 0 N–H and O–H groups in total. The first-order valence-electron chi connectivity index (χ1n) is 4.69. The second-order valence-corrected chi connectivity index (χ2v) is 4.85. The number of aryl methyl sites for hydroxylation is 1. The highest BCUT2D eigenvalue weighted by Crippen LogP contribution is 2.47. The zero-order chi connectivity index (χ0) is 10.3. The van der Waals surface area contributed by atoms with Crippen molar-refractivity contribution < 1.29 is 8.78 Å². The van der Waals surface area contributed by atoms with Gasteiger partial charge >= 0.3 is 0 Å². The second kappa shape index (κ2) is 3.61. The number of hydrogen-bond donors (Lipinski definition) is 0. The van der Waals surface area contributed by atoms with Crippen LogP contribution in [0, 0.1) is 24.5 Å². The van der Waals surface area contributed by atoms with E-state index in [1.54, 1.807) is 6.92 Å². The van der Waals surface area contributed by atoms with Gasteiger partial charge in [0.05, 0.1) is 0 Å². The summed E-state index contributed by atoms with van der Waals surface area (Å²) in [6, 6.07) is 2.57. The molecule has 0 nitrogen and oxygen atoms in total. The van der Waals surface area contributed by atoms with E-state index < -0.39 is 0 Å². The minimum atomic E-state index is -0.327. The van der Waals surface area contributed by atoms with Crippen LogP contribution >= 0.6 is 15.9 Å². The highest BCUT2D eigenvalue weighted by Gasteiger charge is 2.32. The van der Waals surface area contributed by atoms with Crippen molar-refractivity contribution in [3.05, 3.63) is 34.9 Å². The third-order valence-electron chi connectivity index (χ3n) is 2.61. The normalized spacial score (nSPS) is 18.3. The van der Waals surface area contributed by atoms with Crippen LogP contribution in [-0.4, -0.2) is 0 Å². The van der Waals surface area contributed by atoms with Gasteiger partial charge in [0.15, 0.2) is 0 Å². The van der Waals surface area contributed by atoms with Crippen molar-refractivity contribution in [1.29, 1.82) is 0 Å². The topological polar surface area (TPSA) is 0 Å². The quantitative estimate of drug-likeness (QED) is 0.702. The fraction of sp³-hybridized carbons (Fsp3) is 0.455. The molecule has 2 rings (SSSR count). The Hall–Kier alpha value is -0.440. The van der Waals surface area contributed by atoms with E-state index in [-0.39, 0.29) is 16.5 Å². The van der Waals surface area contributed by atoms with Crippen molar-refractivity contribution >= 4 is 15.9 Å². The molecule has 14 heavy (non-hydrogen) atoms. The molecule has 0 aromatic heterocycles. The zero-order valence-corrected chi connectivity index (χ0v) is 9.44. The largest absolute Gasteiger partial charge is 0.207 e. The van der Waals surface area contributed by atoms with Crippen LogP contribution < -0.4 is 0 Å². The number of halogens is 3. The Morgan fingerprint density at radius 3 is 2.50 bits per heavy atom. The van der Waals surface area contributed by atoms with Crippen LogP contribution in [0.1, 0.15) is 28.8 Å². The first-order valence-corrected chi connectivity index (χ1v) is 5.61. The third-order valence-corrected chi connectivity index (χ3v) is 3.85. The van der Waals surface area contributed by atoms with E-state index in [1.807, 2.05) is 0 Å². The van der Waals surface area contributed by atoms with Gasteiger partial charge in [0.1, 0.15) is 11.6 Å². The van der Waals surface area contributed by atoms with Crippen LogP contribution in [0.3, 0.4) is 0 Å². The van der Waals surface area contributed by atoms with Gasteiger partial charge < -0.3 is 0 Å². The molecule has 1 saturated carbocycles. The maximum Gasteiger partial charge on any atom is 0.128 e. The van der Waals surface area contributed by atoms with Crippen molar-refractivity contribution in [2.75, 3.05) is 0 Å². The van der Waals surface area contributed by atoms with Gasteiger partial charge in [-0.25, -0.2) is 8.78 Å². The van der Waals surface area contributed by atoms with E-state index >= 15 is 0 Å². The van der Waals surface area contributed by atoms with Gasteiger partial charge in [-0.2, -0.15) is 0 Å². The molecule has 1 aliphatic rings. The molecule has 0 spiro atoms. The zero-order valence-electron chi connectivity index (χ0n) is 7.86. The van der Waals surface area contributed by atoms with Gasteiger partial charge in [-0.15, -0.1) is 0 Å². The molecule has 0 bridgehead atoms. The maximum atomic E-state index is 13.5. The van der Waals surface area contributed by atoms with Gasteiger partial charge in [0.25, 0.3) is 0 Å². The highest BCUT2D eigenvalue weighted by atomic mass is 79.9. The molecule has 1 aromatic rings. The molecule has 0 aliphatic heterocycles. The average molecular weight is 261 g/mol. The molecule has 3 heteroatoms. The van der Waals surface area contributed by atoms with Crippen molar-refractivity contribution in [2.45, 2.75) is 24.6 Å². The molecule has 1 aliphatic carbocycles. The molecule has 0 saturated heterocycles. The van der Waals surface area contributed by atoms with E-state index in [2.05, 4.69) is 15.9 Å². The highest BCUT2D eigenvalue weighted by molar-refractivity contribution is 9.09. The van der Waals surface area contributed by atoms with Crippen LogP contribution in [0.25, 0.3) is 0 Å². The molecular formula is C11H11BrF2. The standard InChI is InChI=1S/C11H11BrF2/c1-6-4-10(14)8(5-9(6)13)11(12)7-2-3-7/h4-5,7,11H,2-3H2,1H3. The lowest BCUT2D eigenvalue weighted by Crippen LogP contribution is -1.99. The molecule has 76 valence electrons. The van der Waals surface area contributed by atoms with Gasteiger partial charge in [-0.3, -0.25) is 0 Å². The summed E-state index contributed by atoms with van der Waals surface area (Å²) in [5.41, 5.74) is 0.817. The first-order chi connectivity index (χ1) is 6.59. The van der Waals surface area contributed by atoms with Crippen molar-refractivity contribution in [2.24, 2.45) is 5.92 Å². The number of hydrogen-bond acceptors (Lipinski definition) is 0. The van der Waals surface area contributed by atoms with E-state index in [0.717, 1.165) is 12.8 Å². The van der Waals surface area contributed by atoms with Gasteiger partial charge in [-0.1, -0.05) is 15.9 Å². The van der Waals surface area contributed by atoms with Gasteiger partial charge in [0, 0.05) is 10.4 Å². The molecule has 1 fully saturated rings. The lowest BCUT2D eigenvalue weighted by atomic mass is 10.1. The predicted molar refractivity (Wildman–Crippen MR) is 55.5 cm³/mol. The maximum absolute atomic E-state index is 13.5. The monoisotopic (exact) mass is 260 g/mol. The summed E-state index contributed by atoms with van der Waals surface area (Å²) in [5.74, 6) is -0.157. The van der Waals surface area contributed by atoms with Crippen molar-refractivity contribution in [3.63, 3.8) is 0 Å². The summed E-state index contributed by atoms with van der Waals surface area (Å²) in [4.78, 5) is -0.0300. The number of alkyl halides is 1. The van der Waals surface area contributed by atoms with E-state index in [9.17, 15) is 8.78 Å². The molecule has 0 amide bonds. The summed E-state index contributed by atoms with van der Waals surface area (Å²) >= 11 is 3.42. The minimum Gasteiger partial charge on any atom is -0.207 e. The molecule has 1 unspecified atom stereocenters. The fourth-order valence-electron chi connectivity index (χ4n) is 1.52. The smallest absolute Gasteiger partial charge is 0.128 e. The van der Waals surface area contributed by atoms with Gasteiger partial charge in [0.2, 0.25) is 0 Å². The summed E-state index contributed by atoms with van der Waals surface area (Å²) in [6.07, 6.45) is 2.20. The summed E-state index contributed by atoms with van der Waals surface area (Å²) in [6.45, 7) is 1.57. The van der Waals surface area contributed by atoms with Crippen LogP contribution in [0.2, 0.25) is 0 Å². The Kier molecular flexibility index (Phi) is 2.60. The average Bonchev–Trinajstić information content (AvgIpc) is 2.93. The Balaban J connectivity index is 2.36. The summed E-state index contributed by atoms with van der Waals surface area (Å²) < 4.78 is 26.7. The third kappa shape index (κ3) is 1.83. The minimum absolute atomic E-state index is 0.0300. The number of benzene rings is 1. The molecule has 0 heterocycles. The van der Waals surface area contributed by atoms with Gasteiger partial charge in [-0.05, 0) is 43.4 Å². The summed E-state index contributed by atoms with van der Waals surface area (Å²) in [7, 11) is 0. The van der Waals surface area contributed by atoms with E-state index in [4.69, 9.17) is 0 Å². The Labute approximate surface area is 90.4 Å². The van der Waals surface area contributed by atoms with Crippen LogP contribution in [-0.2, 0) is 0 Å². The van der Waals surface area contributed by atoms with Crippen LogP contribution in [0.5, 0.6) is 0 Å². The molecular weight excluding hydrogens is 250 g/mol. The Morgan fingerprint density at radius 1 is 1.29 bits per heavy atom. The van der Waals surface area contributed by atoms with E-state index in [1.165, 1.54) is 12.1 Å². The number of rotatable bonds is 2. The predicted octanol–water partition coefficient (Wildman–Crippen LogP) is 4.12. The second-order valence-electron chi connectivity index (χ2n) is 3.86. The Bertz CT molecular complexity index is 359.